The number of carbonyl (C=O) groups excluding carboxylic acids is 1. The Morgan fingerprint density at radius 1 is 1.09 bits per heavy atom. The van der Waals surface area contributed by atoms with E-state index in [0.29, 0.717) is 25.8 Å². The summed E-state index contributed by atoms with van der Waals surface area (Å²) in [4.78, 5) is 19.0. The van der Waals surface area contributed by atoms with E-state index in [9.17, 15) is 4.79 Å². The van der Waals surface area contributed by atoms with Crippen molar-refractivity contribution in [1.82, 2.24) is 4.90 Å². The number of likely N-dealkylation sites (N-methyl/N-ethyl adjacent to an activating group) is 1. The fraction of sp³-hybridized carbons (Fsp3) is 0.0588. The van der Waals surface area contributed by atoms with Crippen molar-refractivity contribution in [1.29, 1.82) is 0 Å². The van der Waals surface area contributed by atoms with E-state index in [-0.39, 0.29) is 5.91 Å². The zero-order valence-corrected chi connectivity index (χ0v) is 14.5. The molecule has 6 heteroatoms. The highest BCUT2D eigenvalue weighted by atomic mass is 35.5. The van der Waals surface area contributed by atoms with Gasteiger partial charge in [0.1, 0.15) is 0 Å². The lowest BCUT2D eigenvalue weighted by molar-refractivity contribution is -0.121. The van der Waals surface area contributed by atoms with Gasteiger partial charge in [0.15, 0.2) is 5.17 Å². The molecule has 0 aromatic heterocycles. The molecule has 116 valence electrons. The fourth-order valence-corrected chi connectivity index (χ4v) is 3.29. The standard InChI is InChI=1S/C17H12Cl2N2OS/c1-21-16(22)15(10-11-6-8-12(18)9-7-11)23-17(21)20-14-5-3-2-4-13(14)19/h2-10H,1H3/b15-10-,20-17?. The number of carbonyl (C=O) groups is 1. The summed E-state index contributed by atoms with van der Waals surface area (Å²) in [5, 5.41) is 1.82. The summed E-state index contributed by atoms with van der Waals surface area (Å²) in [5.74, 6) is -0.0873. The molecule has 1 aliphatic rings. The van der Waals surface area contributed by atoms with Gasteiger partial charge in [-0.15, -0.1) is 0 Å². The molecule has 0 saturated carbocycles. The maximum Gasteiger partial charge on any atom is 0.266 e. The van der Waals surface area contributed by atoms with Crippen LogP contribution in [0.25, 0.3) is 6.08 Å². The third-order valence-corrected chi connectivity index (χ3v) is 4.87. The quantitative estimate of drug-likeness (QED) is 0.685. The summed E-state index contributed by atoms with van der Waals surface area (Å²) in [7, 11) is 1.70. The van der Waals surface area contributed by atoms with Crippen LogP contribution in [0.4, 0.5) is 5.69 Å². The number of amides is 1. The summed E-state index contributed by atoms with van der Waals surface area (Å²) in [6.45, 7) is 0. The zero-order chi connectivity index (χ0) is 16.4. The molecule has 3 rings (SSSR count). The molecule has 1 saturated heterocycles. The van der Waals surface area contributed by atoms with Gasteiger partial charge in [0, 0.05) is 12.1 Å². The number of nitrogens with zero attached hydrogens (tertiary/aromatic N) is 2. The van der Waals surface area contributed by atoms with Crippen LogP contribution in [0, 0.1) is 0 Å². The first-order valence-electron chi connectivity index (χ1n) is 6.81. The number of hydrogen-bond acceptors (Lipinski definition) is 3. The largest absolute Gasteiger partial charge is 0.290 e. The second-order valence-electron chi connectivity index (χ2n) is 4.87. The van der Waals surface area contributed by atoms with E-state index < -0.39 is 0 Å². The number of aliphatic imine (C=N–C) groups is 1. The Morgan fingerprint density at radius 2 is 1.78 bits per heavy atom. The number of thioether (sulfide) groups is 1. The molecule has 23 heavy (non-hydrogen) atoms. The molecule has 0 bridgehead atoms. The Kier molecular flexibility index (Phi) is 4.76. The smallest absolute Gasteiger partial charge is 0.266 e. The summed E-state index contributed by atoms with van der Waals surface area (Å²) < 4.78 is 0. The van der Waals surface area contributed by atoms with Gasteiger partial charge in [-0.25, -0.2) is 4.99 Å². The molecule has 3 nitrogen and oxygen atoms in total. The molecule has 0 unspecified atom stereocenters. The Bertz CT molecular complexity index is 816. The first-order chi connectivity index (χ1) is 11.0. The van der Waals surface area contributed by atoms with Crippen LogP contribution in [0.2, 0.25) is 10.0 Å². The summed E-state index contributed by atoms with van der Waals surface area (Å²) in [5.41, 5.74) is 1.56. The molecule has 2 aromatic carbocycles. The van der Waals surface area contributed by atoms with Crippen LogP contribution < -0.4 is 0 Å². The monoisotopic (exact) mass is 362 g/mol. The van der Waals surface area contributed by atoms with Crippen molar-refractivity contribution in [3.8, 4) is 0 Å². The molecule has 0 atom stereocenters. The topological polar surface area (TPSA) is 32.7 Å². The van der Waals surface area contributed by atoms with E-state index in [0.717, 1.165) is 5.56 Å². The van der Waals surface area contributed by atoms with Crippen LogP contribution in [-0.4, -0.2) is 23.0 Å². The van der Waals surface area contributed by atoms with Crippen molar-refractivity contribution < 1.29 is 4.79 Å². The number of benzene rings is 2. The molecule has 1 fully saturated rings. The summed E-state index contributed by atoms with van der Waals surface area (Å²) in [6.07, 6.45) is 1.83. The number of halogens is 2. The van der Waals surface area contributed by atoms with E-state index in [1.807, 2.05) is 36.4 Å². The van der Waals surface area contributed by atoms with Crippen molar-refractivity contribution in [3.63, 3.8) is 0 Å². The van der Waals surface area contributed by atoms with Crippen LogP contribution in [0.5, 0.6) is 0 Å². The molecule has 0 N–H and O–H groups in total. The third kappa shape index (κ3) is 3.61. The predicted molar refractivity (Wildman–Crippen MR) is 98.3 cm³/mol. The molecule has 1 amide bonds. The summed E-state index contributed by atoms with van der Waals surface area (Å²) in [6, 6.07) is 14.6. The number of amidine groups is 1. The van der Waals surface area contributed by atoms with Crippen molar-refractivity contribution >= 4 is 57.8 Å². The lowest BCUT2D eigenvalue weighted by Crippen LogP contribution is -2.23. The van der Waals surface area contributed by atoms with Gasteiger partial charge in [-0.1, -0.05) is 47.5 Å². The van der Waals surface area contributed by atoms with Crippen LogP contribution >= 0.6 is 35.0 Å². The van der Waals surface area contributed by atoms with Gasteiger partial charge in [0.05, 0.1) is 15.6 Å². The van der Waals surface area contributed by atoms with E-state index in [1.54, 1.807) is 25.2 Å². The lowest BCUT2D eigenvalue weighted by atomic mass is 10.2. The first kappa shape index (κ1) is 16.1. The number of rotatable bonds is 2. The summed E-state index contributed by atoms with van der Waals surface area (Å²) >= 11 is 13.3. The van der Waals surface area contributed by atoms with Gasteiger partial charge in [-0.3, -0.25) is 9.69 Å². The highest BCUT2D eigenvalue weighted by Crippen LogP contribution is 2.34. The first-order valence-corrected chi connectivity index (χ1v) is 8.38. The third-order valence-electron chi connectivity index (χ3n) is 3.24. The minimum absolute atomic E-state index is 0.0873. The molecule has 1 aliphatic heterocycles. The van der Waals surface area contributed by atoms with Crippen LogP contribution in [0.15, 0.2) is 58.4 Å². The normalized spacial score (nSPS) is 18.2. The molecular formula is C17H12Cl2N2OS. The Hall–Kier alpha value is -1.75. The van der Waals surface area contributed by atoms with Gasteiger partial charge >= 0.3 is 0 Å². The van der Waals surface area contributed by atoms with Crippen LogP contribution in [0.1, 0.15) is 5.56 Å². The predicted octanol–water partition coefficient (Wildman–Crippen LogP) is 5.23. The molecule has 0 spiro atoms. The SMILES string of the molecule is CN1C(=O)/C(=C/c2ccc(Cl)cc2)SC1=Nc1ccccc1Cl. The molecule has 1 heterocycles. The lowest BCUT2D eigenvalue weighted by Gasteiger charge is -2.07. The average molecular weight is 363 g/mol. The van der Waals surface area contributed by atoms with Crippen molar-refractivity contribution in [2.24, 2.45) is 4.99 Å². The molecule has 2 aromatic rings. The molecule has 0 radical (unpaired) electrons. The Balaban J connectivity index is 1.91. The van der Waals surface area contributed by atoms with Crippen LogP contribution in [0.3, 0.4) is 0 Å². The van der Waals surface area contributed by atoms with Gasteiger partial charge in [0.2, 0.25) is 0 Å². The van der Waals surface area contributed by atoms with E-state index in [4.69, 9.17) is 23.2 Å². The maximum atomic E-state index is 12.4. The highest BCUT2D eigenvalue weighted by Gasteiger charge is 2.30. The van der Waals surface area contributed by atoms with Crippen molar-refractivity contribution in [2.45, 2.75) is 0 Å². The van der Waals surface area contributed by atoms with Gasteiger partial charge < -0.3 is 0 Å². The van der Waals surface area contributed by atoms with Crippen molar-refractivity contribution in [2.75, 3.05) is 7.05 Å². The van der Waals surface area contributed by atoms with Gasteiger partial charge in [0.25, 0.3) is 5.91 Å². The molecule has 0 aliphatic carbocycles. The zero-order valence-electron chi connectivity index (χ0n) is 12.2. The Morgan fingerprint density at radius 3 is 2.48 bits per heavy atom. The molecular weight excluding hydrogens is 351 g/mol. The second kappa shape index (κ2) is 6.79. The van der Waals surface area contributed by atoms with E-state index in [2.05, 4.69) is 4.99 Å². The van der Waals surface area contributed by atoms with Gasteiger partial charge in [-0.05, 0) is 47.7 Å². The van der Waals surface area contributed by atoms with E-state index in [1.165, 1.54) is 16.7 Å². The maximum absolute atomic E-state index is 12.4. The average Bonchev–Trinajstić information content (AvgIpc) is 2.80. The number of hydrogen-bond donors (Lipinski definition) is 0. The minimum atomic E-state index is -0.0873. The minimum Gasteiger partial charge on any atom is -0.290 e. The van der Waals surface area contributed by atoms with Gasteiger partial charge in [-0.2, -0.15) is 0 Å². The van der Waals surface area contributed by atoms with E-state index >= 15 is 0 Å². The van der Waals surface area contributed by atoms with Crippen LogP contribution in [-0.2, 0) is 4.79 Å². The Labute approximate surface area is 148 Å². The highest BCUT2D eigenvalue weighted by molar-refractivity contribution is 8.18. The fourth-order valence-electron chi connectivity index (χ4n) is 2.01. The number of para-hydroxylation sites is 1. The van der Waals surface area contributed by atoms with Crippen molar-refractivity contribution in [3.05, 3.63) is 69.0 Å². The second-order valence-corrected chi connectivity index (χ2v) is 6.72.